The fourth-order valence-corrected chi connectivity index (χ4v) is 6.51. The van der Waals surface area contributed by atoms with E-state index >= 15 is 0 Å². The Kier molecular flexibility index (Phi) is 5.04. The summed E-state index contributed by atoms with van der Waals surface area (Å²) in [5.74, 6) is 0.924. The smallest absolute Gasteiger partial charge is 0.145 e. The minimum Gasteiger partial charge on any atom is -0.292 e. The Morgan fingerprint density at radius 1 is 0.500 bits per heavy atom. The van der Waals surface area contributed by atoms with Crippen LogP contribution >= 0.6 is 0 Å². The van der Waals surface area contributed by atoms with Gasteiger partial charge in [-0.05, 0) is 63.7 Å². The maximum Gasteiger partial charge on any atom is 0.145 e. The fourth-order valence-electron chi connectivity index (χ4n) is 6.51. The highest BCUT2D eigenvalue weighted by molar-refractivity contribution is 5.93. The first-order valence-electron chi connectivity index (χ1n) is 13.6. The Morgan fingerprint density at radius 3 is 1.82 bits per heavy atom. The van der Waals surface area contributed by atoms with Crippen molar-refractivity contribution in [3.05, 3.63) is 174 Å². The van der Waals surface area contributed by atoms with E-state index in [4.69, 9.17) is 4.98 Å². The first-order valence-corrected chi connectivity index (χ1v) is 13.6. The molecule has 0 radical (unpaired) electrons. The van der Waals surface area contributed by atoms with E-state index in [0.717, 1.165) is 28.1 Å². The molecular weight excluding hydrogens is 486 g/mol. The summed E-state index contributed by atoms with van der Waals surface area (Å²) in [5.41, 5.74) is 11.1. The number of rotatable bonds is 4. The predicted octanol–water partition coefficient (Wildman–Crippen LogP) is 8.45. The SMILES string of the molecule is c1ccc(-c2ccc3c(c2)C(c2ccccc2)(c2ccccc2)c2cccc4nc(-c5ccncc5)n-3c24)cc1. The molecule has 0 spiro atoms. The van der Waals surface area contributed by atoms with Gasteiger partial charge < -0.3 is 0 Å². The molecule has 0 atom stereocenters. The molecule has 5 aromatic carbocycles. The third-order valence-corrected chi connectivity index (χ3v) is 8.18. The number of aromatic nitrogens is 3. The second-order valence-corrected chi connectivity index (χ2v) is 10.3. The van der Waals surface area contributed by atoms with Crippen molar-refractivity contribution < 1.29 is 0 Å². The van der Waals surface area contributed by atoms with Crippen LogP contribution in [0.5, 0.6) is 0 Å². The van der Waals surface area contributed by atoms with Crippen LogP contribution in [0.25, 0.3) is 39.2 Å². The highest BCUT2D eigenvalue weighted by Gasteiger charge is 2.45. The van der Waals surface area contributed by atoms with Gasteiger partial charge >= 0.3 is 0 Å². The zero-order valence-electron chi connectivity index (χ0n) is 21.8. The van der Waals surface area contributed by atoms with E-state index in [2.05, 4.69) is 137 Å². The van der Waals surface area contributed by atoms with Crippen LogP contribution in [0, 0.1) is 0 Å². The molecule has 3 heteroatoms. The largest absolute Gasteiger partial charge is 0.292 e. The van der Waals surface area contributed by atoms with Crippen molar-refractivity contribution in [3.63, 3.8) is 0 Å². The summed E-state index contributed by atoms with van der Waals surface area (Å²) in [7, 11) is 0. The lowest BCUT2D eigenvalue weighted by molar-refractivity contribution is 0.726. The minimum atomic E-state index is -0.534. The molecular formula is C37H25N3. The van der Waals surface area contributed by atoms with Crippen LogP contribution in [0.4, 0.5) is 0 Å². The van der Waals surface area contributed by atoms with E-state index in [0.29, 0.717) is 0 Å². The van der Waals surface area contributed by atoms with Crippen LogP contribution in [0.1, 0.15) is 22.3 Å². The molecule has 3 nitrogen and oxygen atoms in total. The number of imidazole rings is 1. The number of pyridine rings is 1. The number of benzene rings is 5. The second kappa shape index (κ2) is 8.89. The van der Waals surface area contributed by atoms with Gasteiger partial charge in [0.1, 0.15) is 5.82 Å². The summed E-state index contributed by atoms with van der Waals surface area (Å²) in [5, 5.41) is 0. The normalized spacial score (nSPS) is 13.2. The van der Waals surface area contributed by atoms with E-state index in [1.807, 2.05) is 24.5 Å². The molecule has 0 bridgehead atoms. The molecule has 40 heavy (non-hydrogen) atoms. The molecule has 3 heterocycles. The van der Waals surface area contributed by atoms with Crippen molar-refractivity contribution in [3.8, 4) is 28.2 Å². The molecule has 7 aromatic rings. The zero-order chi connectivity index (χ0) is 26.5. The first kappa shape index (κ1) is 22.7. The summed E-state index contributed by atoms with van der Waals surface area (Å²) in [6.07, 6.45) is 3.67. The Morgan fingerprint density at radius 2 is 1.15 bits per heavy atom. The highest BCUT2D eigenvalue weighted by Crippen LogP contribution is 2.54. The maximum absolute atomic E-state index is 5.22. The highest BCUT2D eigenvalue weighted by atomic mass is 15.1. The van der Waals surface area contributed by atoms with E-state index in [9.17, 15) is 0 Å². The van der Waals surface area contributed by atoms with Crippen LogP contribution in [0.3, 0.4) is 0 Å². The molecule has 1 aliphatic heterocycles. The summed E-state index contributed by atoms with van der Waals surface area (Å²) < 4.78 is 2.36. The number of hydrogen-bond acceptors (Lipinski definition) is 2. The number of hydrogen-bond donors (Lipinski definition) is 0. The number of nitrogens with zero attached hydrogens (tertiary/aromatic N) is 3. The maximum atomic E-state index is 5.22. The third kappa shape index (κ3) is 3.18. The third-order valence-electron chi connectivity index (χ3n) is 8.18. The molecule has 0 aliphatic carbocycles. The summed E-state index contributed by atoms with van der Waals surface area (Å²) in [4.78, 5) is 9.49. The van der Waals surface area contributed by atoms with Crippen LogP contribution < -0.4 is 0 Å². The molecule has 2 aromatic heterocycles. The summed E-state index contributed by atoms with van der Waals surface area (Å²) >= 11 is 0. The predicted molar refractivity (Wildman–Crippen MR) is 162 cm³/mol. The topological polar surface area (TPSA) is 30.7 Å². The van der Waals surface area contributed by atoms with E-state index in [1.54, 1.807) is 0 Å². The van der Waals surface area contributed by atoms with Crippen molar-refractivity contribution in [2.75, 3.05) is 0 Å². The minimum absolute atomic E-state index is 0.534. The molecule has 0 unspecified atom stereocenters. The molecule has 188 valence electrons. The van der Waals surface area contributed by atoms with Gasteiger partial charge in [0.15, 0.2) is 0 Å². The molecule has 1 aliphatic rings. The summed E-state index contributed by atoms with van der Waals surface area (Å²) in [6.45, 7) is 0. The Bertz CT molecular complexity index is 1940. The summed E-state index contributed by atoms with van der Waals surface area (Å²) in [6, 6.07) is 50.0. The number of para-hydroxylation sites is 1. The van der Waals surface area contributed by atoms with Gasteiger partial charge in [-0.1, -0.05) is 109 Å². The number of fused-ring (bicyclic) bond motifs is 2. The van der Waals surface area contributed by atoms with Gasteiger partial charge in [-0.25, -0.2) is 4.98 Å². The van der Waals surface area contributed by atoms with Gasteiger partial charge in [-0.2, -0.15) is 0 Å². The Hall–Kier alpha value is -5.28. The van der Waals surface area contributed by atoms with Crippen molar-refractivity contribution in [1.29, 1.82) is 0 Å². The molecule has 0 fully saturated rings. The molecule has 0 amide bonds. The lowest BCUT2D eigenvalue weighted by Crippen LogP contribution is -2.35. The van der Waals surface area contributed by atoms with E-state index < -0.39 is 5.41 Å². The molecule has 0 saturated heterocycles. The molecule has 0 saturated carbocycles. The van der Waals surface area contributed by atoms with Crippen LogP contribution in [0.2, 0.25) is 0 Å². The Balaban J connectivity index is 1.58. The average molecular weight is 512 g/mol. The standard InChI is InChI=1S/C37H25N3/c1-4-11-26(12-5-1)28-19-20-34-32(25-28)37(29-13-6-2-7-14-29,30-15-8-3-9-16-30)31-17-10-18-33-35(31)40(34)36(39-33)27-21-23-38-24-22-27/h1-25H. The van der Waals surface area contributed by atoms with Gasteiger partial charge in [0.05, 0.1) is 22.1 Å². The van der Waals surface area contributed by atoms with Crippen molar-refractivity contribution in [2.24, 2.45) is 0 Å². The van der Waals surface area contributed by atoms with Crippen LogP contribution in [-0.4, -0.2) is 14.5 Å². The average Bonchev–Trinajstić information content (AvgIpc) is 3.44. The van der Waals surface area contributed by atoms with Gasteiger partial charge in [0, 0.05) is 18.0 Å². The quantitative estimate of drug-likeness (QED) is 0.237. The zero-order valence-corrected chi connectivity index (χ0v) is 21.8. The second-order valence-electron chi connectivity index (χ2n) is 10.3. The van der Waals surface area contributed by atoms with Gasteiger partial charge in [-0.3, -0.25) is 9.55 Å². The van der Waals surface area contributed by atoms with Crippen molar-refractivity contribution in [2.45, 2.75) is 5.41 Å². The van der Waals surface area contributed by atoms with Crippen LogP contribution in [-0.2, 0) is 5.41 Å². The van der Waals surface area contributed by atoms with Gasteiger partial charge in [-0.15, -0.1) is 0 Å². The Labute approximate surface area is 233 Å². The molecule has 0 N–H and O–H groups in total. The monoisotopic (exact) mass is 511 g/mol. The lowest BCUT2D eigenvalue weighted by atomic mass is 9.63. The van der Waals surface area contributed by atoms with E-state index in [-0.39, 0.29) is 0 Å². The van der Waals surface area contributed by atoms with Crippen LogP contribution in [0.15, 0.2) is 152 Å². The van der Waals surface area contributed by atoms with Crippen molar-refractivity contribution >= 4 is 11.0 Å². The van der Waals surface area contributed by atoms with Crippen molar-refractivity contribution in [1.82, 2.24) is 14.5 Å². The lowest BCUT2D eigenvalue weighted by Gasteiger charge is -2.41. The van der Waals surface area contributed by atoms with Gasteiger partial charge in [0.2, 0.25) is 0 Å². The fraction of sp³-hybridized carbons (Fsp3) is 0.0270. The van der Waals surface area contributed by atoms with E-state index in [1.165, 1.54) is 33.4 Å². The first-order chi connectivity index (χ1) is 19.9. The molecule has 8 rings (SSSR count). The van der Waals surface area contributed by atoms with Gasteiger partial charge in [0.25, 0.3) is 0 Å².